The molecule has 6 rings (SSSR count). The molecule has 1 saturated carbocycles. The molecule has 1 atom stereocenters. The van der Waals surface area contributed by atoms with Crippen LogP contribution in [0.4, 0.5) is 5.69 Å². The molecular formula is C42H52N6O4. The predicted octanol–water partition coefficient (Wildman–Crippen LogP) is 6.65. The van der Waals surface area contributed by atoms with E-state index >= 15 is 0 Å². The summed E-state index contributed by atoms with van der Waals surface area (Å²) in [5.74, 6) is 1.03. The first kappa shape index (κ1) is 37.0. The lowest BCUT2D eigenvalue weighted by molar-refractivity contribution is -0.153. The van der Waals surface area contributed by atoms with Gasteiger partial charge in [-0.2, -0.15) is 5.26 Å². The normalized spacial score (nSPS) is 20.4. The number of nitriles is 1. The van der Waals surface area contributed by atoms with Gasteiger partial charge in [0.25, 0.3) is 5.91 Å². The number of nitrogens with zero attached hydrogens (tertiary/aromatic N) is 5. The van der Waals surface area contributed by atoms with Gasteiger partial charge in [-0.3, -0.25) is 14.4 Å². The highest BCUT2D eigenvalue weighted by molar-refractivity contribution is 5.98. The van der Waals surface area contributed by atoms with Crippen molar-refractivity contribution in [2.45, 2.75) is 90.0 Å². The highest BCUT2D eigenvalue weighted by atomic mass is 16.4. The zero-order chi connectivity index (χ0) is 36.8. The Morgan fingerprint density at radius 1 is 0.923 bits per heavy atom. The molecular weight excluding hydrogens is 653 g/mol. The summed E-state index contributed by atoms with van der Waals surface area (Å²) in [5, 5.41) is 21.7. The van der Waals surface area contributed by atoms with Crippen LogP contribution in [0, 0.1) is 35.0 Å². The van der Waals surface area contributed by atoms with Gasteiger partial charge in [0.1, 0.15) is 6.04 Å². The maximum absolute atomic E-state index is 13.5. The van der Waals surface area contributed by atoms with Crippen LogP contribution in [-0.2, 0) is 21.4 Å². The van der Waals surface area contributed by atoms with Crippen LogP contribution in [0.1, 0.15) is 93.6 Å². The van der Waals surface area contributed by atoms with Gasteiger partial charge in [-0.1, -0.05) is 69.0 Å². The molecule has 2 aliphatic heterocycles. The number of carbonyl (C=O) groups excluding carboxylic acids is 2. The zero-order valence-electron chi connectivity index (χ0n) is 30.8. The lowest BCUT2D eigenvalue weighted by Crippen LogP contribution is -2.59. The van der Waals surface area contributed by atoms with Crippen molar-refractivity contribution in [3.63, 3.8) is 0 Å². The number of nitrogens with one attached hydrogen (secondary N) is 1. The molecule has 0 bridgehead atoms. The average molecular weight is 705 g/mol. The number of rotatable bonds is 12. The molecule has 3 heterocycles. The van der Waals surface area contributed by atoms with Crippen molar-refractivity contribution in [1.82, 2.24) is 20.2 Å². The van der Waals surface area contributed by atoms with Gasteiger partial charge in [-0.25, -0.2) is 9.97 Å². The third-order valence-corrected chi connectivity index (χ3v) is 11.7. The summed E-state index contributed by atoms with van der Waals surface area (Å²) in [6, 6.07) is 15.8. The molecule has 0 unspecified atom stereocenters. The van der Waals surface area contributed by atoms with E-state index in [0.717, 1.165) is 53.2 Å². The Bertz CT molecular complexity index is 1730. The Morgan fingerprint density at radius 3 is 2.12 bits per heavy atom. The van der Waals surface area contributed by atoms with Crippen molar-refractivity contribution in [3.8, 4) is 17.5 Å². The topological polar surface area (TPSA) is 140 Å². The Balaban J connectivity index is 1.06. The summed E-state index contributed by atoms with van der Waals surface area (Å²) in [6.07, 6.45) is 14.9. The van der Waals surface area contributed by atoms with Gasteiger partial charge in [0.2, 0.25) is 5.91 Å². The molecule has 10 nitrogen and oxygen atoms in total. The molecule has 2 saturated heterocycles. The lowest BCUT2D eigenvalue weighted by atomic mass is 9.72. The molecule has 3 aliphatic rings. The van der Waals surface area contributed by atoms with Crippen LogP contribution in [0.3, 0.4) is 0 Å². The van der Waals surface area contributed by atoms with E-state index in [2.05, 4.69) is 23.2 Å². The van der Waals surface area contributed by atoms with E-state index in [4.69, 9.17) is 9.97 Å². The quantitative estimate of drug-likeness (QED) is 0.214. The fourth-order valence-corrected chi connectivity index (χ4v) is 8.22. The van der Waals surface area contributed by atoms with Crippen molar-refractivity contribution >= 4 is 23.5 Å². The van der Waals surface area contributed by atoms with Gasteiger partial charge in [-0.05, 0) is 80.5 Å². The van der Waals surface area contributed by atoms with Crippen molar-refractivity contribution in [2.24, 2.45) is 23.7 Å². The van der Waals surface area contributed by atoms with Gasteiger partial charge < -0.3 is 20.2 Å². The molecule has 0 radical (unpaired) electrons. The first-order chi connectivity index (χ1) is 25.0. The predicted molar refractivity (Wildman–Crippen MR) is 201 cm³/mol. The first-order valence-corrected chi connectivity index (χ1v) is 19.0. The third-order valence-electron chi connectivity index (χ3n) is 11.7. The summed E-state index contributed by atoms with van der Waals surface area (Å²) in [5.41, 5.74) is 3.20. The summed E-state index contributed by atoms with van der Waals surface area (Å²) >= 11 is 0. The van der Waals surface area contributed by atoms with Gasteiger partial charge in [0.15, 0.2) is 5.82 Å². The minimum Gasteiger partial charge on any atom is -0.481 e. The number of carboxylic acids is 1. The van der Waals surface area contributed by atoms with Crippen molar-refractivity contribution in [2.75, 3.05) is 31.1 Å². The number of aliphatic carboxylic acids is 1. The second-order valence-electron chi connectivity index (χ2n) is 15.7. The summed E-state index contributed by atoms with van der Waals surface area (Å²) in [6.45, 7) is 8.25. The highest BCUT2D eigenvalue weighted by Gasteiger charge is 2.39. The van der Waals surface area contributed by atoms with E-state index in [1.807, 2.05) is 50.5 Å². The van der Waals surface area contributed by atoms with E-state index in [0.29, 0.717) is 11.4 Å². The largest absolute Gasteiger partial charge is 0.481 e. The summed E-state index contributed by atoms with van der Waals surface area (Å²) < 4.78 is 0. The number of hydrogen-bond acceptors (Lipinski definition) is 7. The van der Waals surface area contributed by atoms with Gasteiger partial charge in [0.05, 0.1) is 35.5 Å². The molecule has 3 fully saturated rings. The number of anilines is 1. The minimum absolute atomic E-state index is 0.114. The molecule has 2 amide bonds. The lowest BCUT2D eigenvalue weighted by Gasteiger charge is -2.39. The number of carbonyl (C=O) groups is 3. The monoisotopic (exact) mass is 704 g/mol. The van der Waals surface area contributed by atoms with Crippen LogP contribution in [0.15, 0.2) is 60.9 Å². The second-order valence-corrected chi connectivity index (χ2v) is 15.7. The Hall–Kier alpha value is -4.78. The molecule has 0 spiro atoms. The number of carboxylic acid groups (broad SMARTS) is 1. The van der Waals surface area contributed by atoms with E-state index in [-0.39, 0.29) is 25.4 Å². The van der Waals surface area contributed by atoms with Crippen LogP contribution >= 0.6 is 0 Å². The van der Waals surface area contributed by atoms with E-state index in [1.165, 1.54) is 56.3 Å². The van der Waals surface area contributed by atoms with Crippen LogP contribution in [0.2, 0.25) is 0 Å². The molecule has 2 aromatic carbocycles. The molecule has 10 heteroatoms. The number of benzene rings is 2. The number of piperidine rings is 1. The molecule has 3 aromatic rings. The fraction of sp³-hybridized carbons (Fsp3) is 0.524. The van der Waals surface area contributed by atoms with Crippen LogP contribution in [-0.4, -0.2) is 70.0 Å². The van der Waals surface area contributed by atoms with E-state index in [9.17, 15) is 24.8 Å². The molecule has 52 heavy (non-hydrogen) atoms. The number of amides is 2. The Kier molecular flexibility index (Phi) is 11.6. The van der Waals surface area contributed by atoms with Crippen molar-refractivity contribution < 1.29 is 19.5 Å². The molecule has 2 N–H and O–H groups in total. The van der Waals surface area contributed by atoms with Crippen molar-refractivity contribution in [3.05, 3.63) is 77.6 Å². The Morgan fingerprint density at radius 2 is 1.54 bits per heavy atom. The Labute approximate surface area is 307 Å². The average Bonchev–Trinajstić information content (AvgIpc) is 3.14. The van der Waals surface area contributed by atoms with Crippen LogP contribution in [0.25, 0.3) is 11.4 Å². The summed E-state index contributed by atoms with van der Waals surface area (Å²) in [4.78, 5) is 51.5. The maximum atomic E-state index is 13.5. The van der Waals surface area contributed by atoms with E-state index in [1.54, 1.807) is 24.3 Å². The molecule has 1 aromatic heterocycles. The zero-order valence-corrected chi connectivity index (χ0v) is 30.8. The standard InChI is InChI=1S/C42H52N6O4/c1-4-5-28-6-10-30(11-7-28)31-18-20-47(21-19-31)36-23-44-38(45-24-36)32-12-8-29(9-13-32)22-37(40(50)48-25-34(26-48)41(51)52)46-39(49)33-14-16-35(17-15-33)42(2,3)27-43/h8-9,12-17,23-24,28,30-31,34,37H,4-7,10-11,18-22,25-26H2,1-3H3,(H,46,49)(H,51,52)/t28?,30?,37-/m0/s1. The highest BCUT2D eigenvalue weighted by Crippen LogP contribution is 2.39. The van der Waals surface area contributed by atoms with Gasteiger partial charge in [-0.15, -0.1) is 0 Å². The second kappa shape index (κ2) is 16.3. The SMILES string of the molecule is CCCC1CCC(C2CCN(c3cnc(-c4ccc(C[C@H](NC(=O)c5ccc(C(C)(C)C#N)cc5)C(=O)N5CC(C(=O)O)C5)cc4)nc3)CC2)CC1. The van der Waals surface area contributed by atoms with E-state index < -0.39 is 29.3 Å². The number of hydrogen-bond donors (Lipinski definition) is 2. The fourth-order valence-electron chi connectivity index (χ4n) is 8.22. The first-order valence-electron chi connectivity index (χ1n) is 19.0. The van der Waals surface area contributed by atoms with Gasteiger partial charge >= 0.3 is 5.97 Å². The van der Waals surface area contributed by atoms with Crippen LogP contribution in [0.5, 0.6) is 0 Å². The van der Waals surface area contributed by atoms with Crippen LogP contribution < -0.4 is 10.2 Å². The van der Waals surface area contributed by atoms with Crippen molar-refractivity contribution in [1.29, 1.82) is 5.26 Å². The number of likely N-dealkylation sites (tertiary alicyclic amines) is 1. The maximum Gasteiger partial charge on any atom is 0.310 e. The summed E-state index contributed by atoms with van der Waals surface area (Å²) in [7, 11) is 0. The smallest absolute Gasteiger partial charge is 0.310 e. The third kappa shape index (κ3) is 8.63. The minimum atomic E-state index is -0.935. The van der Waals surface area contributed by atoms with Gasteiger partial charge in [0, 0.05) is 43.7 Å². The number of aromatic nitrogens is 2. The molecule has 274 valence electrons. The molecule has 1 aliphatic carbocycles.